The molecule has 0 radical (unpaired) electrons. The molecular weight excluding hydrogens is 374 g/mol. The van der Waals surface area contributed by atoms with Gasteiger partial charge in [0.2, 0.25) is 0 Å². The van der Waals surface area contributed by atoms with Crippen molar-refractivity contribution in [3.8, 4) is 11.4 Å². The van der Waals surface area contributed by atoms with Gasteiger partial charge < -0.3 is 14.9 Å². The van der Waals surface area contributed by atoms with Crippen LogP contribution in [0.25, 0.3) is 22.3 Å². The molecule has 1 amide bonds. The molecule has 0 fully saturated rings. The third-order valence-corrected chi connectivity index (χ3v) is 6.06. The molecule has 6 nitrogen and oxygen atoms in total. The van der Waals surface area contributed by atoms with Crippen molar-refractivity contribution in [1.29, 1.82) is 0 Å². The molecule has 0 bridgehead atoms. The van der Waals surface area contributed by atoms with E-state index in [1.807, 2.05) is 49.4 Å². The summed E-state index contributed by atoms with van der Waals surface area (Å²) < 4.78 is 2.22. The van der Waals surface area contributed by atoms with Crippen LogP contribution in [0.3, 0.4) is 0 Å². The number of benzene rings is 2. The Kier molecular flexibility index (Phi) is 4.62. The lowest BCUT2D eigenvalue weighted by atomic mass is 10.1. The van der Waals surface area contributed by atoms with Gasteiger partial charge in [0.05, 0.1) is 0 Å². The van der Waals surface area contributed by atoms with Crippen molar-refractivity contribution in [2.45, 2.75) is 46.1 Å². The maximum atomic E-state index is 12.9. The molecule has 3 heterocycles. The topological polar surface area (TPSA) is 75.6 Å². The highest BCUT2D eigenvalue weighted by Gasteiger charge is 2.17. The average molecular weight is 399 g/mol. The monoisotopic (exact) mass is 399 g/mol. The standard InChI is InChI=1S/C24H25N5O/c1-15-16(2)25-21-11-10-18(14-20(15)21)24(30)26-19-8-6-7-17(13-19)23-28-27-22-9-4-3-5-12-29(22)23/h6-8,10-11,13-14,25H,3-5,9,12H2,1-2H3,(H,26,30). The number of aryl methyl sites for hydroxylation is 3. The van der Waals surface area contributed by atoms with Crippen LogP contribution < -0.4 is 5.32 Å². The van der Waals surface area contributed by atoms with Gasteiger partial charge in [-0.1, -0.05) is 18.6 Å². The maximum absolute atomic E-state index is 12.9. The molecule has 5 rings (SSSR count). The highest BCUT2D eigenvalue weighted by Crippen LogP contribution is 2.26. The van der Waals surface area contributed by atoms with Crippen LogP contribution in [-0.4, -0.2) is 25.7 Å². The molecular formula is C24H25N5O. The van der Waals surface area contributed by atoms with Crippen LogP contribution in [0.4, 0.5) is 5.69 Å². The van der Waals surface area contributed by atoms with Crippen LogP contribution in [-0.2, 0) is 13.0 Å². The van der Waals surface area contributed by atoms with Crippen molar-refractivity contribution in [2.75, 3.05) is 5.32 Å². The number of nitrogens with zero attached hydrogens (tertiary/aromatic N) is 3. The molecule has 0 saturated carbocycles. The number of anilines is 1. The Morgan fingerprint density at radius 2 is 1.97 bits per heavy atom. The summed E-state index contributed by atoms with van der Waals surface area (Å²) in [6, 6.07) is 13.6. The molecule has 1 aliphatic rings. The summed E-state index contributed by atoms with van der Waals surface area (Å²) in [6.45, 7) is 5.07. The van der Waals surface area contributed by atoms with Gasteiger partial charge in [-0.25, -0.2) is 0 Å². The second-order valence-electron chi connectivity index (χ2n) is 8.07. The fourth-order valence-electron chi connectivity index (χ4n) is 4.24. The summed E-state index contributed by atoms with van der Waals surface area (Å²) in [5.41, 5.74) is 5.73. The van der Waals surface area contributed by atoms with Gasteiger partial charge >= 0.3 is 0 Å². The maximum Gasteiger partial charge on any atom is 0.255 e. The van der Waals surface area contributed by atoms with Crippen molar-refractivity contribution in [1.82, 2.24) is 19.7 Å². The van der Waals surface area contributed by atoms with Crippen molar-refractivity contribution in [3.63, 3.8) is 0 Å². The normalized spacial score (nSPS) is 13.8. The van der Waals surface area contributed by atoms with Gasteiger partial charge in [0.25, 0.3) is 5.91 Å². The summed E-state index contributed by atoms with van der Waals surface area (Å²) in [7, 11) is 0. The zero-order valence-corrected chi connectivity index (χ0v) is 17.3. The highest BCUT2D eigenvalue weighted by molar-refractivity contribution is 6.06. The number of carbonyl (C=O) groups excluding carboxylic acids is 1. The van der Waals surface area contributed by atoms with Crippen molar-refractivity contribution >= 4 is 22.5 Å². The van der Waals surface area contributed by atoms with Gasteiger partial charge in [-0.3, -0.25) is 4.79 Å². The molecule has 1 aliphatic heterocycles. The molecule has 0 saturated heterocycles. The van der Waals surface area contributed by atoms with Crippen molar-refractivity contribution < 1.29 is 4.79 Å². The fraction of sp³-hybridized carbons (Fsp3) is 0.292. The van der Waals surface area contributed by atoms with E-state index in [1.54, 1.807) is 0 Å². The molecule has 152 valence electrons. The predicted octanol–water partition coefficient (Wildman–Crippen LogP) is 5.02. The number of nitrogens with one attached hydrogen (secondary N) is 2. The number of hydrogen-bond donors (Lipinski definition) is 2. The summed E-state index contributed by atoms with van der Waals surface area (Å²) in [5, 5.41) is 12.9. The first-order valence-electron chi connectivity index (χ1n) is 10.5. The third-order valence-electron chi connectivity index (χ3n) is 6.06. The highest BCUT2D eigenvalue weighted by atomic mass is 16.1. The molecule has 2 N–H and O–H groups in total. The van der Waals surface area contributed by atoms with Crippen LogP contribution in [0, 0.1) is 13.8 Å². The molecule has 0 atom stereocenters. The second kappa shape index (κ2) is 7.44. The smallest absolute Gasteiger partial charge is 0.255 e. The van der Waals surface area contributed by atoms with Gasteiger partial charge in [0, 0.05) is 46.4 Å². The quantitative estimate of drug-likeness (QED) is 0.508. The van der Waals surface area contributed by atoms with Crippen molar-refractivity contribution in [2.24, 2.45) is 0 Å². The molecule has 0 spiro atoms. The summed E-state index contributed by atoms with van der Waals surface area (Å²) in [4.78, 5) is 16.2. The predicted molar refractivity (Wildman–Crippen MR) is 119 cm³/mol. The molecule has 6 heteroatoms. The van der Waals surface area contributed by atoms with Gasteiger partial charge in [0.1, 0.15) is 5.82 Å². The van der Waals surface area contributed by atoms with E-state index in [0.717, 1.165) is 58.9 Å². The molecule has 0 aliphatic carbocycles. The Morgan fingerprint density at radius 3 is 2.87 bits per heavy atom. The molecule has 2 aromatic carbocycles. The van der Waals surface area contributed by atoms with Gasteiger partial charge in [0.15, 0.2) is 5.82 Å². The Morgan fingerprint density at radius 1 is 1.07 bits per heavy atom. The van der Waals surface area contributed by atoms with Crippen LogP contribution in [0.15, 0.2) is 42.5 Å². The molecule has 4 aromatic rings. The Hall–Kier alpha value is -3.41. The average Bonchev–Trinajstić information content (AvgIpc) is 3.18. The lowest BCUT2D eigenvalue weighted by molar-refractivity contribution is 0.102. The minimum absolute atomic E-state index is 0.118. The Labute approximate surface area is 175 Å². The first-order chi connectivity index (χ1) is 14.6. The van der Waals surface area contributed by atoms with E-state index < -0.39 is 0 Å². The van der Waals surface area contributed by atoms with Gasteiger partial charge in [-0.15, -0.1) is 10.2 Å². The lowest BCUT2D eigenvalue weighted by Gasteiger charge is -2.10. The Bertz CT molecular complexity index is 1250. The van der Waals surface area contributed by atoms with Crippen molar-refractivity contribution in [3.05, 3.63) is 65.1 Å². The van der Waals surface area contributed by atoms with E-state index in [9.17, 15) is 4.79 Å². The molecule has 30 heavy (non-hydrogen) atoms. The lowest BCUT2D eigenvalue weighted by Crippen LogP contribution is -2.12. The zero-order valence-electron chi connectivity index (χ0n) is 17.3. The van der Waals surface area contributed by atoms with E-state index >= 15 is 0 Å². The van der Waals surface area contributed by atoms with E-state index in [4.69, 9.17) is 0 Å². The number of aromatic amines is 1. The Balaban J connectivity index is 1.42. The number of hydrogen-bond acceptors (Lipinski definition) is 3. The van der Waals surface area contributed by atoms with Gasteiger partial charge in [-0.2, -0.15) is 0 Å². The van der Waals surface area contributed by atoms with Crippen LogP contribution in [0.5, 0.6) is 0 Å². The number of amides is 1. The number of H-pyrrole nitrogens is 1. The van der Waals surface area contributed by atoms with E-state index in [2.05, 4.69) is 32.0 Å². The largest absolute Gasteiger partial charge is 0.358 e. The number of carbonyl (C=O) groups is 1. The fourth-order valence-corrected chi connectivity index (χ4v) is 4.24. The molecule has 0 unspecified atom stereocenters. The van der Waals surface area contributed by atoms with Gasteiger partial charge in [-0.05, 0) is 62.6 Å². The molecule has 2 aromatic heterocycles. The first-order valence-corrected chi connectivity index (χ1v) is 10.5. The van der Waals surface area contributed by atoms with E-state index in [1.165, 1.54) is 18.4 Å². The minimum Gasteiger partial charge on any atom is -0.358 e. The first kappa shape index (κ1) is 18.6. The van der Waals surface area contributed by atoms with Crippen LogP contribution in [0.2, 0.25) is 0 Å². The van der Waals surface area contributed by atoms with E-state index in [0.29, 0.717) is 5.56 Å². The minimum atomic E-state index is -0.118. The number of rotatable bonds is 3. The number of fused-ring (bicyclic) bond motifs is 2. The third kappa shape index (κ3) is 3.28. The van der Waals surface area contributed by atoms with E-state index in [-0.39, 0.29) is 5.91 Å². The summed E-state index contributed by atoms with van der Waals surface area (Å²) in [5.74, 6) is 1.82. The number of aromatic nitrogens is 4. The zero-order chi connectivity index (χ0) is 20.7. The van der Waals surface area contributed by atoms with Crippen LogP contribution >= 0.6 is 0 Å². The summed E-state index contributed by atoms with van der Waals surface area (Å²) in [6.07, 6.45) is 4.51. The van der Waals surface area contributed by atoms with Crippen LogP contribution in [0.1, 0.15) is 46.7 Å². The summed E-state index contributed by atoms with van der Waals surface area (Å²) >= 11 is 0. The SMILES string of the molecule is Cc1[nH]c2ccc(C(=O)Nc3cccc(-c4nnc5n4CCCCC5)c3)cc2c1C. The second-order valence-corrected chi connectivity index (χ2v) is 8.07.